The minimum absolute atomic E-state index is 0.0922. The molecule has 0 aliphatic carbocycles. The molecule has 1 atom stereocenters. The summed E-state index contributed by atoms with van der Waals surface area (Å²) in [5, 5.41) is 0.931. The van der Waals surface area contributed by atoms with Crippen LogP contribution in [0.15, 0.2) is 53.6 Å². The highest BCUT2D eigenvalue weighted by Crippen LogP contribution is 2.40. The van der Waals surface area contributed by atoms with Gasteiger partial charge in [-0.15, -0.1) is 0 Å². The Morgan fingerprint density at radius 3 is 2.61 bits per heavy atom. The van der Waals surface area contributed by atoms with Crippen molar-refractivity contribution in [3.63, 3.8) is 0 Å². The van der Waals surface area contributed by atoms with Crippen LogP contribution in [-0.4, -0.2) is 79.4 Å². The number of fused-ring (bicyclic) bond motifs is 2. The number of aromatic nitrogens is 1. The van der Waals surface area contributed by atoms with Gasteiger partial charge in [0.05, 0.1) is 23.8 Å². The number of likely N-dealkylation sites (tertiary alicyclic amines) is 1. The maximum absolute atomic E-state index is 13.6. The summed E-state index contributed by atoms with van der Waals surface area (Å²) in [6.07, 6.45) is 6.97. The number of benzene rings is 2. The summed E-state index contributed by atoms with van der Waals surface area (Å²) in [7, 11) is -3.73. The second-order valence-corrected chi connectivity index (χ2v) is 12.9. The summed E-state index contributed by atoms with van der Waals surface area (Å²) >= 11 is 0. The molecule has 2 amide bonds. The average molecular weight is 577 g/mol. The third-order valence-corrected chi connectivity index (χ3v) is 10.4. The normalized spacial score (nSPS) is 21.2. The summed E-state index contributed by atoms with van der Waals surface area (Å²) in [6.45, 7) is 6.81. The van der Waals surface area contributed by atoms with Gasteiger partial charge in [0, 0.05) is 66.0 Å². The highest BCUT2D eigenvalue weighted by molar-refractivity contribution is 7.89. The Hall–Kier alpha value is -3.47. The van der Waals surface area contributed by atoms with E-state index in [1.165, 1.54) is 4.31 Å². The first kappa shape index (κ1) is 27.7. The fraction of sp³-hybridized carbons (Fsp3) is 0.419. The molecular weight excluding hydrogens is 540 g/mol. The Bertz CT molecular complexity index is 1640. The van der Waals surface area contributed by atoms with Crippen molar-refractivity contribution in [3.05, 3.63) is 59.8 Å². The summed E-state index contributed by atoms with van der Waals surface area (Å²) in [5.74, 6) is -0.0759. The number of nitrogens with zero attached hydrogens (tertiary/aromatic N) is 4. The maximum Gasteiger partial charge on any atom is 0.258 e. The van der Waals surface area contributed by atoms with E-state index in [1.807, 2.05) is 52.9 Å². The highest BCUT2D eigenvalue weighted by atomic mass is 32.2. The Morgan fingerprint density at radius 1 is 1.07 bits per heavy atom. The van der Waals surface area contributed by atoms with E-state index in [4.69, 9.17) is 4.74 Å². The van der Waals surface area contributed by atoms with E-state index >= 15 is 0 Å². The minimum Gasteiger partial charge on any atom is -0.379 e. The third kappa shape index (κ3) is 4.98. The molecule has 10 heteroatoms. The lowest BCUT2D eigenvalue weighted by atomic mass is 10.0. The Labute approximate surface area is 241 Å². The largest absolute Gasteiger partial charge is 0.379 e. The number of anilines is 1. The van der Waals surface area contributed by atoms with Crippen molar-refractivity contribution < 1.29 is 22.7 Å². The number of ether oxygens (including phenoxy) is 1. The number of para-hydroxylation sites is 1. The fourth-order valence-corrected chi connectivity index (χ4v) is 7.70. The molecule has 0 spiro atoms. The molecule has 0 saturated carbocycles. The molecule has 216 valence electrons. The fourth-order valence-electron chi connectivity index (χ4n) is 6.27. The van der Waals surface area contributed by atoms with Gasteiger partial charge in [-0.05, 0) is 63.5 Å². The van der Waals surface area contributed by atoms with Crippen molar-refractivity contribution in [2.24, 2.45) is 0 Å². The van der Waals surface area contributed by atoms with Crippen LogP contribution in [0.4, 0.5) is 5.69 Å². The molecule has 4 heterocycles. The molecule has 3 aliphatic rings. The number of carbonyl (C=O) groups excluding carboxylic acids is 2. The van der Waals surface area contributed by atoms with Gasteiger partial charge in [-0.1, -0.05) is 18.2 Å². The molecule has 3 aliphatic heterocycles. The van der Waals surface area contributed by atoms with Crippen molar-refractivity contribution in [2.75, 3.05) is 44.3 Å². The molecule has 0 unspecified atom stereocenters. The zero-order valence-electron chi connectivity index (χ0n) is 23.6. The summed E-state index contributed by atoms with van der Waals surface area (Å²) in [4.78, 5) is 30.7. The quantitative estimate of drug-likeness (QED) is 0.414. The SMILES string of the molecule is CCN1C(=O)/C(=C\c2cn(CC(=O)N3CCCC[C@H]3C)c3ccccc23)c2cc(S(=O)(=O)N3CCOCC3)ccc21. The van der Waals surface area contributed by atoms with E-state index in [1.54, 1.807) is 23.1 Å². The van der Waals surface area contributed by atoms with Crippen LogP contribution in [0.3, 0.4) is 0 Å². The second-order valence-electron chi connectivity index (χ2n) is 11.0. The number of piperidine rings is 1. The van der Waals surface area contributed by atoms with Crippen molar-refractivity contribution in [3.8, 4) is 0 Å². The summed E-state index contributed by atoms with van der Waals surface area (Å²) in [6, 6.07) is 13.0. The highest BCUT2D eigenvalue weighted by Gasteiger charge is 2.34. The van der Waals surface area contributed by atoms with Gasteiger partial charge in [-0.3, -0.25) is 9.59 Å². The lowest BCUT2D eigenvalue weighted by molar-refractivity contribution is -0.135. The molecule has 41 heavy (non-hydrogen) atoms. The van der Waals surface area contributed by atoms with Crippen LogP contribution in [0.2, 0.25) is 0 Å². The Balaban J connectivity index is 1.40. The average Bonchev–Trinajstić information content (AvgIpc) is 3.47. The summed E-state index contributed by atoms with van der Waals surface area (Å²) < 4.78 is 35.6. The van der Waals surface area contributed by atoms with Crippen molar-refractivity contribution in [1.82, 2.24) is 13.8 Å². The Morgan fingerprint density at radius 2 is 1.85 bits per heavy atom. The summed E-state index contributed by atoms with van der Waals surface area (Å²) in [5.41, 5.74) is 3.47. The predicted octanol–water partition coefficient (Wildman–Crippen LogP) is 3.97. The first-order chi connectivity index (χ1) is 19.8. The number of likely N-dealkylation sites (N-methyl/N-ethyl adjacent to an activating group) is 1. The topological polar surface area (TPSA) is 92.2 Å². The smallest absolute Gasteiger partial charge is 0.258 e. The van der Waals surface area contributed by atoms with Crippen LogP contribution in [0.1, 0.15) is 44.2 Å². The van der Waals surface area contributed by atoms with Gasteiger partial charge < -0.3 is 19.1 Å². The molecule has 1 aromatic heterocycles. The lowest BCUT2D eigenvalue weighted by Crippen LogP contribution is -2.43. The zero-order valence-corrected chi connectivity index (χ0v) is 24.4. The monoisotopic (exact) mass is 576 g/mol. The Kier molecular flexibility index (Phi) is 7.48. The molecule has 3 aromatic rings. The van der Waals surface area contributed by atoms with Crippen LogP contribution in [0, 0.1) is 0 Å². The van der Waals surface area contributed by atoms with E-state index in [0.29, 0.717) is 49.7 Å². The molecule has 0 radical (unpaired) electrons. The second kappa shape index (κ2) is 11.1. The van der Waals surface area contributed by atoms with Gasteiger partial charge in [-0.2, -0.15) is 4.31 Å². The van der Waals surface area contributed by atoms with Crippen molar-refractivity contribution in [1.29, 1.82) is 0 Å². The number of hydrogen-bond acceptors (Lipinski definition) is 5. The molecular formula is C31H36N4O5S. The van der Waals surface area contributed by atoms with Crippen LogP contribution < -0.4 is 4.90 Å². The molecule has 6 rings (SSSR count). The molecule has 9 nitrogen and oxygen atoms in total. The van der Waals surface area contributed by atoms with Gasteiger partial charge in [0.25, 0.3) is 5.91 Å². The zero-order chi connectivity index (χ0) is 28.7. The van der Waals surface area contributed by atoms with Crippen molar-refractivity contribution in [2.45, 2.75) is 50.6 Å². The van der Waals surface area contributed by atoms with E-state index in [0.717, 1.165) is 42.3 Å². The molecule has 0 bridgehead atoms. The third-order valence-electron chi connectivity index (χ3n) is 8.50. The van der Waals surface area contributed by atoms with Crippen LogP contribution in [0.25, 0.3) is 22.6 Å². The molecule has 2 saturated heterocycles. The number of sulfonamides is 1. The number of hydrogen-bond donors (Lipinski definition) is 0. The predicted molar refractivity (Wildman–Crippen MR) is 159 cm³/mol. The number of carbonyl (C=O) groups is 2. The standard InChI is InChI=1S/C31H36N4O5S/c1-3-34-29-12-11-24(41(38,39)33-14-16-40-17-15-33)19-26(29)27(31(34)37)18-23-20-32(28-10-5-4-9-25(23)28)21-30(36)35-13-7-6-8-22(35)2/h4-5,9-12,18-20,22H,3,6-8,13-17,21H2,1-2H3/b27-18-/t22-/m1/s1. The van der Waals surface area contributed by atoms with E-state index < -0.39 is 10.0 Å². The first-order valence-corrected chi connectivity index (χ1v) is 15.9. The maximum atomic E-state index is 13.6. The lowest BCUT2D eigenvalue weighted by Gasteiger charge is -2.33. The van der Waals surface area contributed by atoms with E-state index in [2.05, 4.69) is 6.92 Å². The molecule has 2 aromatic carbocycles. The van der Waals surface area contributed by atoms with Crippen LogP contribution in [-0.2, 0) is 30.9 Å². The minimum atomic E-state index is -3.73. The number of rotatable bonds is 6. The van der Waals surface area contributed by atoms with Crippen molar-refractivity contribution >= 4 is 50.1 Å². The van der Waals surface area contributed by atoms with Gasteiger partial charge in [0.15, 0.2) is 0 Å². The van der Waals surface area contributed by atoms with Gasteiger partial charge >= 0.3 is 0 Å². The van der Waals surface area contributed by atoms with Gasteiger partial charge in [0.2, 0.25) is 15.9 Å². The van der Waals surface area contributed by atoms with Gasteiger partial charge in [-0.25, -0.2) is 8.42 Å². The first-order valence-electron chi connectivity index (χ1n) is 14.4. The van der Waals surface area contributed by atoms with E-state index in [-0.39, 0.29) is 29.3 Å². The van der Waals surface area contributed by atoms with Crippen LogP contribution >= 0.6 is 0 Å². The van der Waals surface area contributed by atoms with E-state index in [9.17, 15) is 18.0 Å². The van der Waals surface area contributed by atoms with Gasteiger partial charge in [0.1, 0.15) is 6.54 Å². The molecule has 2 fully saturated rings. The number of amides is 2. The molecule has 0 N–H and O–H groups in total. The van der Waals surface area contributed by atoms with Crippen LogP contribution in [0.5, 0.6) is 0 Å². The number of morpholine rings is 1.